The zero-order valence-electron chi connectivity index (χ0n) is 17.1. The maximum absolute atomic E-state index is 13.4. The summed E-state index contributed by atoms with van der Waals surface area (Å²) in [6.07, 6.45) is 1.77. The molecule has 2 aromatic heterocycles. The molecule has 0 spiro atoms. The van der Waals surface area contributed by atoms with Crippen LogP contribution in [0.2, 0.25) is 0 Å². The van der Waals surface area contributed by atoms with Crippen molar-refractivity contribution in [3.8, 4) is 16.9 Å². The second-order valence-corrected chi connectivity index (χ2v) is 7.16. The molecule has 6 heteroatoms. The number of hydrogen-bond donors (Lipinski definition) is 1. The molecule has 0 radical (unpaired) electrons. The van der Waals surface area contributed by atoms with Crippen molar-refractivity contribution in [1.82, 2.24) is 19.3 Å². The van der Waals surface area contributed by atoms with Crippen LogP contribution >= 0.6 is 0 Å². The number of carbonyl (C=O) groups is 1. The van der Waals surface area contributed by atoms with Crippen LogP contribution in [-0.4, -0.2) is 25.2 Å². The van der Waals surface area contributed by atoms with Crippen molar-refractivity contribution in [2.75, 3.05) is 5.32 Å². The maximum Gasteiger partial charge on any atom is 0.261 e. The normalized spacial score (nSPS) is 11.0. The van der Waals surface area contributed by atoms with Crippen LogP contribution in [0.15, 0.2) is 91.1 Å². The zero-order chi connectivity index (χ0) is 21.2. The van der Waals surface area contributed by atoms with Crippen molar-refractivity contribution < 1.29 is 4.79 Å². The smallest absolute Gasteiger partial charge is 0.261 e. The molecule has 31 heavy (non-hydrogen) atoms. The predicted molar refractivity (Wildman–Crippen MR) is 122 cm³/mol. The number of amides is 1. The van der Waals surface area contributed by atoms with Crippen LogP contribution in [-0.2, 0) is 6.54 Å². The fourth-order valence-corrected chi connectivity index (χ4v) is 3.72. The Bertz CT molecular complexity index is 1350. The molecule has 2 heterocycles. The molecule has 0 aliphatic carbocycles. The Morgan fingerprint density at radius 2 is 1.58 bits per heavy atom. The third-order valence-corrected chi connectivity index (χ3v) is 5.22. The molecule has 0 saturated heterocycles. The number of anilines is 1. The summed E-state index contributed by atoms with van der Waals surface area (Å²) in [5, 5.41) is 7.73. The third-order valence-electron chi connectivity index (χ3n) is 5.22. The molecule has 0 bridgehead atoms. The van der Waals surface area contributed by atoms with E-state index in [9.17, 15) is 4.79 Å². The van der Waals surface area contributed by atoms with Gasteiger partial charge in [-0.1, -0.05) is 60.7 Å². The number of carbonyl (C=O) groups excluding carboxylic acids is 1. The van der Waals surface area contributed by atoms with Crippen molar-refractivity contribution >= 4 is 22.9 Å². The lowest BCUT2D eigenvalue weighted by Crippen LogP contribution is -2.16. The van der Waals surface area contributed by atoms with Crippen LogP contribution in [0.3, 0.4) is 0 Å². The number of imidazole rings is 1. The first-order chi connectivity index (χ1) is 15.2. The molecule has 6 nitrogen and oxygen atoms in total. The summed E-state index contributed by atoms with van der Waals surface area (Å²) in [4.78, 5) is 18.0. The minimum absolute atomic E-state index is 0.244. The highest BCUT2D eigenvalue weighted by Crippen LogP contribution is 2.25. The first-order valence-electron chi connectivity index (χ1n) is 10.2. The number of nitrogens with zero attached hydrogens (tertiary/aromatic N) is 4. The van der Waals surface area contributed by atoms with E-state index in [0.29, 0.717) is 23.8 Å². The van der Waals surface area contributed by atoms with E-state index in [2.05, 4.69) is 10.3 Å². The number of rotatable bonds is 5. The largest absolute Gasteiger partial charge is 0.310 e. The summed E-state index contributed by atoms with van der Waals surface area (Å²) in [7, 11) is 0. The highest BCUT2D eigenvalue weighted by Gasteiger charge is 2.21. The van der Waals surface area contributed by atoms with Gasteiger partial charge in [0.25, 0.3) is 5.91 Å². The Labute approximate surface area is 179 Å². The number of nitrogens with one attached hydrogen (secondary N) is 1. The summed E-state index contributed by atoms with van der Waals surface area (Å²) in [6, 6.07) is 27.4. The fourth-order valence-electron chi connectivity index (χ4n) is 3.72. The molecule has 1 amide bonds. The van der Waals surface area contributed by atoms with Crippen molar-refractivity contribution in [2.24, 2.45) is 0 Å². The molecule has 0 unspecified atom stereocenters. The Balaban J connectivity index is 1.58. The third kappa shape index (κ3) is 3.48. The second kappa shape index (κ2) is 7.91. The van der Waals surface area contributed by atoms with Gasteiger partial charge in [-0.25, -0.2) is 9.67 Å². The van der Waals surface area contributed by atoms with Crippen LogP contribution in [0.5, 0.6) is 0 Å². The van der Waals surface area contributed by atoms with Crippen molar-refractivity contribution in [1.29, 1.82) is 0 Å². The van der Waals surface area contributed by atoms with Crippen LogP contribution in [0.4, 0.5) is 5.95 Å². The van der Waals surface area contributed by atoms with Crippen molar-refractivity contribution in [3.05, 3.63) is 96.7 Å². The molecule has 0 saturated carbocycles. The quantitative estimate of drug-likeness (QED) is 0.438. The SMILES string of the molecule is CCn1c(NC(=O)c2cn(-c3ccccc3)nc2-c2ccccc2)nc2ccccc21. The van der Waals surface area contributed by atoms with E-state index in [1.54, 1.807) is 10.9 Å². The van der Waals surface area contributed by atoms with Crippen LogP contribution in [0.1, 0.15) is 17.3 Å². The monoisotopic (exact) mass is 407 g/mol. The van der Waals surface area contributed by atoms with E-state index < -0.39 is 0 Å². The molecule has 152 valence electrons. The Kier molecular flexibility index (Phi) is 4.80. The fraction of sp³-hybridized carbons (Fsp3) is 0.0800. The summed E-state index contributed by atoms with van der Waals surface area (Å²) >= 11 is 0. The van der Waals surface area contributed by atoms with Crippen LogP contribution < -0.4 is 5.32 Å². The Morgan fingerprint density at radius 1 is 0.903 bits per heavy atom. The van der Waals surface area contributed by atoms with E-state index in [0.717, 1.165) is 22.3 Å². The van der Waals surface area contributed by atoms with E-state index in [1.165, 1.54) is 0 Å². The average Bonchev–Trinajstić information content (AvgIpc) is 3.42. The minimum Gasteiger partial charge on any atom is -0.310 e. The van der Waals surface area contributed by atoms with E-state index in [1.807, 2.05) is 96.4 Å². The molecule has 0 atom stereocenters. The molecule has 5 rings (SSSR count). The highest BCUT2D eigenvalue weighted by molar-refractivity contribution is 6.08. The van der Waals surface area contributed by atoms with Gasteiger partial charge in [0.1, 0.15) is 5.69 Å². The van der Waals surface area contributed by atoms with Gasteiger partial charge in [-0.2, -0.15) is 5.10 Å². The minimum atomic E-state index is -0.244. The first-order valence-corrected chi connectivity index (χ1v) is 10.2. The van der Waals surface area contributed by atoms with Gasteiger partial charge in [0.15, 0.2) is 0 Å². The molecule has 5 aromatic rings. The van der Waals surface area contributed by atoms with Gasteiger partial charge in [0.2, 0.25) is 5.95 Å². The lowest BCUT2D eigenvalue weighted by atomic mass is 10.1. The number of benzene rings is 3. The number of hydrogen-bond acceptors (Lipinski definition) is 3. The molecule has 3 aromatic carbocycles. The van der Waals surface area contributed by atoms with Crippen LogP contribution in [0, 0.1) is 0 Å². The van der Waals surface area contributed by atoms with Crippen LogP contribution in [0.25, 0.3) is 28.0 Å². The Hall–Kier alpha value is -4.19. The van der Waals surface area contributed by atoms with Gasteiger partial charge in [-0.15, -0.1) is 0 Å². The Morgan fingerprint density at radius 3 is 2.32 bits per heavy atom. The summed E-state index contributed by atoms with van der Waals surface area (Å²) < 4.78 is 3.73. The summed E-state index contributed by atoms with van der Waals surface area (Å²) in [6.45, 7) is 2.73. The molecule has 1 N–H and O–H groups in total. The van der Waals surface area contributed by atoms with E-state index in [4.69, 9.17) is 5.10 Å². The highest BCUT2D eigenvalue weighted by atomic mass is 16.1. The van der Waals surface area contributed by atoms with Gasteiger partial charge in [0, 0.05) is 18.3 Å². The second-order valence-electron chi connectivity index (χ2n) is 7.16. The summed E-state index contributed by atoms with van der Waals surface area (Å²) in [5.74, 6) is 0.284. The molecular formula is C25H21N5O. The zero-order valence-corrected chi connectivity index (χ0v) is 17.1. The number of aromatic nitrogens is 4. The van der Waals surface area contributed by atoms with E-state index >= 15 is 0 Å². The molecule has 0 aliphatic rings. The predicted octanol–water partition coefficient (Wildman–Crippen LogP) is 5.16. The van der Waals surface area contributed by atoms with Gasteiger partial charge in [-0.05, 0) is 31.2 Å². The standard InChI is InChI=1S/C25H21N5O/c1-2-29-22-16-10-9-15-21(22)26-25(29)27-24(31)20-17-30(19-13-7-4-8-14-19)28-23(20)18-11-5-3-6-12-18/h3-17H,2H2,1H3,(H,26,27,31). The number of fused-ring (bicyclic) bond motifs is 1. The van der Waals surface area contributed by atoms with Gasteiger partial charge < -0.3 is 4.57 Å². The maximum atomic E-state index is 13.4. The summed E-state index contributed by atoms with van der Waals surface area (Å²) in [5.41, 5.74) is 4.73. The topological polar surface area (TPSA) is 64.7 Å². The van der Waals surface area contributed by atoms with Gasteiger partial charge in [0.05, 0.1) is 22.3 Å². The van der Waals surface area contributed by atoms with Crippen molar-refractivity contribution in [3.63, 3.8) is 0 Å². The van der Waals surface area contributed by atoms with Crippen molar-refractivity contribution in [2.45, 2.75) is 13.5 Å². The average molecular weight is 407 g/mol. The molecule has 0 fully saturated rings. The first kappa shape index (κ1) is 18.8. The lowest BCUT2D eigenvalue weighted by molar-refractivity contribution is 0.102. The van der Waals surface area contributed by atoms with Gasteiger partial charge in [-0.3, -0.25) is 10.1 Å². The van der Waals surface area contributed by atoms with Gasteiger partial charge >= 0.3 is 0 Å². The lowest BCUT2D eigenvalue weighted by Gasteiger charge is -2.07. The molecular weight excluding hydrogens is 386 g/mol. The van der Waals surface area contributed by atoms with E-state index in [-0.39, 0.29) is 5.91 Å². The molecule has 0 aliphatic heterocycles. The number of aryl methyl sites for hydroxylation is 1. The number of para-hydroxylation sites is 3.